The highest BCUT2D eigenvalue weighted by atomic mass is 127. The van der Waals surface area contributed by atoms with Crippen molar-refractivity contribution in [3.63, 3.8) is 0 Å². The van der Waals surface area contributed by atoms with Crippen molar-refractivity contribution < 1.29 is 4.39 Å². The third kappa shape index (κ3) is 2.62. The lowest BCUT2D eigenvalue weighted by Gasteiger charge is -2.17. The Morgan fingerprint density at radius 1 is 1.50 bits per heavy atom. The molecule has 0 heterocycles. The molecule has 0 aromatic heterocycles. The fourth-order valence-electron chi connectivity index (χ4n) is 0.969. The molecule has 0 spiro atoms. The minimum absolute atomic E-state index is 0.173. The van der Waals surface area contributed by atoms with Crippen LogP contribution >= 0.6 is 22.6 Å². The number of rotatable bonds is 3. The zero-order valence-corrected chi connectivity index (χ0v) is 9.08. The molecule has 0 saturated heterocycles. The van der Waals surface area contributed by atoms with E-state index < -0.39 is 0 Å². The van der Waals surface area contributed by atoms with Crippen LogP contribution in [0.5, 0.6) is 0 Å². The van der Waals surface area contributed by atoms with Gasteiger partial charge in [-0.25, -0.2) is 4.39 Å². The molecule has 0 aliphatic carbocycles. The van der Waals surface area contributed by atoms with Crippen LogP contribution in [0.2, 0.25) is 0 Å². The van der Waals surface area contributed by atoms with Crippen LogP contribution in [0.4, 0.5) is 10.1 Å². The summed E-state index contributed by atoms with van der Waals surface area (Å²) in [7, 11) is 1.97. The molecule has 0 saturated carbocycles. The number of hydrogen-bond donors (Lipinski definition) is 0. The van der Waals surface area contributed by atoms with Crippen LogP contribution in [0.15, 0.2) is 24.3 Å². The zero-order chi connectivity index (χ0) is 8.97. The van der Waals surface area contributed by atoms with Gasteiger partial charge in [-0.15, -0.1) is 0 Å². The van der Waals surface area contributed by atoms with E-state index in [1.807, 2.05) is 18.0 Å². The highest BCUT2D eigenvalue weighted by molar-refractivity contribution is 14.1. The lowest BCUT2D eigenvalue weighted by molar-refractivity contribution is 0.627. The molecule has 66 valence electrons. The average Bonchev–Trinajstić information content (AvgIpc) is 2.05. The second kappa shape index (κ2) is 4.64. The molecule has 1 nitrogen and oxygen atoms in total. The average molecular weight is 279 g/mol. The monoisotopic (exact) mass is 279 g/mol. The van der Waals surface area contributed by atoms with Crippen molar-refractivity contribution >= 4 is 28.3 Å². The molecular weight excluding hydrogens is 268 g/mol. The van der Waals surface area contributed by atoms with Gasteiger partial charge in [0.05, 0.1) is 0 Å². The fourth-order valence-corrected chi connectivity index (χ4v) is 1.69. The Morgan fingerprint density at radius 2 is 2.25 bits per heavy atom. The van der Waals surface area contributed by atoms with Gasteiger partial charge >= 0.3 is 0 Å². The van der Waals surface area contributed by atoms with E-state index in [-0.39, 0.29) is 5.82 Å². The lowest BCUT2D eigenvalue weighted by Crippen LogP contribution is -2.19. The van der Waals surface area contributed by atoms with Crippen LogP contribution in [0, 0.1) is 5.82 Å². The Morgan fingerprint density at radius 3 is 2.83 bits per heavy atom. The SMILES string of the molecule is CN(CCI)c1cccc(F)c1. The smallest absolute Gasteiger partial charge is 0.125 e. The molecule has 0 radical (unpaired) electrons. The predicted octanol–water partition coefficient (Wildman–Crippen LogP) is 2.70. The number of alkyl halides is 1. The van der Waals surface area contributed by atoms with Gasteiger partial charge in [-0.3, -0.25) is 0 Å². The Hall–Kier alpha value is -0.320. The molecule has 1 aromatic rings. The summed E-state index contributed by atoms with van der Waals surface area (Å²) in [6, 6.07) is 6.65. The number of nitrogens with zero attached hydrogens (tertiary/aromatic N) is 1. The van der Waals surface area contributed by atoms with Crippen LogP contribution < -0.4 is 4.90 Å². The van der Waals surface area contributed by atoms with Gasteiger partial charge in [0, 0.05) is 23.7 Å². The summed E-state index contributed by atoms with van der Waals surface area (Å²) >= 11 is 2.30. The van der Waals surface area contributed by atoms with Crippen LogP contribution in [-0.4, -0.2) is 18.0 Å². The maximum atomic E-state index is 12.7. The molecule has 0 unspecified atom stereocenters. The largest absolute Gasteiger partial charge is 0.374 e. The maximum Gasteiger partial charge on any atom is 0.125 e. The van der Waals surface area contributed by atoms with Crippen LogP contribution in [0.1, 0.15) is 0 Å². The second-order valence-electron chi connectivity index (χ2n) is 2.59. The first kappa shape index (κ1) is 9.77. The molecule has 0 aliphatic rings. The van der Waals surface area contributed by atoms with Crippen LogP contribution in [0.3, 0.4) is 0 Å². The van der Waals surface area contributed by atoms with E-state index >= 15 is 0 Å². The Labute approximate surface area is 85.7 Å². The summed E-state index contributed by atoms with van der Waals surface area (Å²) in [4.78, 5) is 2.04. The van der Waals surface area contributed by atoms with Crippen molar-refractivity contribution in [1.29, 1.82) is 0 Å². The van der Waals surface area contributed by atoms with Crippen molar-refractivity contribution in [1.82, 2.24) is 0 Å². The topological polar surface area (TPSA) is 3.24 Å². The molecule has 0 amide bonds. The molecule has 1 aromatic carbocycles. The van der Waals surface area contributed by atoms with E-state index in [9.17, 15) is 4.39 Å². The Kier molecular flexibility index (Phi) is 3.78. The Balaban J connectivity index is 2.73. The summed E-state index contributed by atoms with van der Waals surface area (Å²) in [6.45, 7) is 0.948. The maximum absolute atomic E-state index is 12.7. The van der Waals surface area contributed by atoms with Gasteiger partial charge in [-0.2, -0.15) is 0 Å². The normalized spacial score (nSPS) is 9.92. The van der Waals surface area contributed by atoms with Crippen LogP contribution in [-0.2, 0) is 0 Å². The molecule has 0 aliphatic heterocycles. The molecular formula is C9H11FIN. The van der Waals surface area contributed by atoms with Crippen molar-refractivity contribution in [3.05, 3.63) is 30.1 Å². The number of benzene rings is 1. The van der Waals surface area contributed by atoms with E-state index in [1.54, 1.807) is 12.1 Å². The van der Waals surface area contributed by atoms with Crippen molar-refractivity contribution in [2.75, 3.05) is 22.9 Å². The summed E-state index contributed by atoms with van der Waals surface area (Å²) < 4.78 is 13.8. The number of halogens is 2. The highest BCUT2D eigenvalue weighted by Gasteiger charge is 1.99. The fraction of sp³-hybridized carbons (Fsp3) is 0.333. The van der Waals surface area contributed by atoms with Gasteiger partial charge < -0.3 is 4.90 Å². The van der Waals surface area contributed by atoms with E-state index in [0.29, 0.717) is 0 Å². The molecule has 0 bridgehead atoms. The lowest BCUT2D eigenvalue weighted by atomic mass is 10.3. The number of anilines is 1. The highest BCUT2D eigenvalue weighted by Crippen LogP contribution is 2.13. The minimum Gasteiger partial charge on any atom is -0.374 e. The van der Waals surface area contributed by atoms with E-state index in [0.717, 1.165) is 16.7 Å². The van der Waals surface area contributed by atoms with E-state index in [2.05, 4.69) is 22.6 Å². The summed E-state index contributed by atoms with van der Waals surface area (Å²) in [5.41, 5.74) is 0.937. The van der Waals surface area contributed by atoms with Gasteiger partial charge in [-0.05, 0) is 18.2 Å². The van der Waals surface area contributed by atoms with Gasteiger partial charge in [0.25, 0.3) is 0 Å². The molecule has 0 atom stereocenters. The van der Waals surface area contributed by atoms with E-state index in [4.69, 9.17) is 0 Å². The standard InChI is InChI=1S/C9H11FIN/c1-12(6-5-11)9-4-2-3-8(10)7-9/h2-4,7H,5-6H2,1H3. The molecule has 12 heavy (non-hydrogen) atoms. The minimum atomic E-state index is -0.173. The molecule has 0 N–H and O–H groups in total. The van der Waals surface area contributed by atoms with E-state index in [1.165, 1.54) is 6.07 Å². The van der Waals surface area contributed by atoms with Crippen molar-refractivity contribution in [2.24, 2.45) is 0 Å². The molecule has 0 fully saturated rings. The first-order valence-corrected chi connectivity index (χ1v) is 5.29. The van der Waals surface area contributed by atoms with Crippen molar-refractivity contribution in [3.8, 4) is 0 Å². The van der Waals surface area contributed by atoms with Gasteiger partial charge in [0.1, 0.15) is 5.82 Å². The number of hydrogen-bond acceptors (Lipinski definition) is 1. The predicted molar refractivity (Wildman–Crippen MR) is 58.6 cm³/mol. The first-order valence-electron chi connectivity index (χ1n) is 3.76. The van der Waals surface area contributed by atoms with Gasteiger partial charge in [0.15, 0.2) is 0 Å². The third-order valence-electron chi connectivity index (χ3n) is 1.67. The Bertz CT molecular complexity index is 252. The van der Waals surface area contributed by atoms with Gasteiger partial charge in [-0.1, -0.05) is 28.7 Å². The van der Waals surface area contributed by atoms with Gasteiger partial charge in [0.2, 0.25) is 0 Å². The summed E-state index contributed by atoms with van der Waals surface area (Å²) in [5.74, 6) is -0.173. The molecule has 3 heteroatoms. The summed E-state index contributed by atoms with van der Waals surface area (Å²) in [5, 5.41) is 0. The second-order valence-corrected chi connectivity index (χ2v) is 3.67. The quantitative estimate of drug-likeness (QED) is 0.607. The zero-order valence-electron chi connectivity index (χ0n) is 6.93. The summed E-state index contributed by atoms with van der Waals surface area (Å²) in [6.07, 6.45) is 0. The molecule has 1 rings (SSSR count). The van der Waals surface area contributed by atoms with Crippen molar-refractivity contribution in [2.45, 2.75) is 0 Å². The first-order chi connectivity index (χ1) is 5.74. The third-order valence-corrected chi connectivity index (χ3v) is 2.15. The van der Waals surface area contributed by atoms with Crippen LogP contribution in [0.25, 0.3) is 0 Å².